The Hall–Kier alpha value is -5.13. The highest BCUT2D eigenvalue weighted by Crippen LogP contribution is 2.32. The summed E-state index contributed by atoms with van der Waals surface area (Å²) >= 11 is 2.63. The van der Waals surface area contributed by atoms with Crippen LogP contribution in [-0.2, 0) is 4.79 Å². The number of anilines is 1. The van der Waals surface area contributed by atoms with Crippen LogP contribution >= 0.6 is 23.1 Å². The molecule has 0 bridgehead atoms. The first-order valence-corrected chi connectivity index (χ1v) is 15.9. The van der Waals surface area contributed by atoms with E-state index in [1.165, 1.54) is 23.1 Å². The molecular weight excluding hydrogens is 607 g/mol. The Morgan fingerprint density at radius 1 is 1.07 bits per heavy atom. The van der Waals surface area contributed by atoms with E-state index in [4.69, 9.17) is 14.1 Å². The average Bonchev–Trinajstić information content (AvgIpc) is 3.74. The van der Waals surface area contributed by atoms with Crippen molar-refractivity contribution in [2.75, 3.05) is 11.9 Å². The maximum atomic E-state index is 14.0. The molecule has 0 spiro atoms. The predicted octanol–water partition coefficient (Wildman–Crippen LogP) is 5.89. The molecule has 1 aliphatic heterocycles. The molecule has 0 saturated heterocycles. The third kappa shape index (κ3) is 5.75. The van der Waals surface area contributed by atoms with Crippen molar-refractivity contribution in [1.82, 2.24) is 14.5 Å². The van der Waals surface area contributed by atoms with Gasteiger partial charge in [-0.2, -0.15) is 0 Å². The number of hydrogen-bond acceptors (Lipinski definition) is 8. The van der Waals surface area contributed by atoms with Crippen LogP contribution in [0.2, 0.25) is 0 Å². The lowest BCUT2D eigenvalue weighted by molar-refractivity contribution is -0.113. The van der Waals surface area contributed by atoms with E-state index < -0.39 is 6.04 Å². The normalized spacial score (nSPS) is 14.8. The third-order valence-corrected chi connectivity index (χ3v) is 9.04. The van der Waals surface area contributed by atoms with Crippen LogP contribution in [0.25, 0.3) is 17.1 Å². The summed E-state index contributed by atoms with van der Waals surface area (Å²) in [6.45, 7) is 4.25. The lowest BCUT2D eigenvalue weighted by Gasteiger charge is -2.25. The Morgan fingerprint density at radius 3 is 2.62 bits per heavy atom. The largest absolute Gasteiger partial charge is 0.494 e. The van der Waals surface area contributed by atoms with E-state index in [-0.39, 0.29) is 11.5 Å². The molecule has 3 aromatic carbocycles. The number of hydrogen-bond donors (Lipinski definition) is 2. The lowest BCUT2D eigenvalue weighted by atomic mass is 9.95. The second-order valence-corrected chi connectivity index (χ2v) is 12.2. The van der Waals surface area contributed by atoms with Gasteiger partial charge in [0.25, 0.3) is 11.5 Å². The molecule has 1 atom stereocenters. The molecule has 224 valence electrons. The molecule has 4 heterocycles. The highest BCUT2D eigenvalue weighted by molar-refractivity contribution is 7.99. The van der Waals surface area contributed by atoms with E-state index in [0.29, 0.717) is 54.7 Å². The van der Waals surface area contributed by atoms with Crippen molar-refractivity contribution >= 4 is 51.8 Å². The Bertz CT molecular complexity index is 2210. The number of rotatable bonds is 8. The van der Waals surface area contributed by atoms with E-state index in [1.54, 1.807) is 17.6 Å². The third-order valence-electron chi connectivity index (χ3n) is 7.25. The van der Waals surface area contributed by atoms with Gasteiger partial charge in [0.2, 0.25) is 0 Å². The number of furan rings is 1. The first kappa shape index (κ1) is 28.6. The maximum absolute atomic E-state index is 14.0. The molecule has 0 fully saturated rings. The van der Waals surface area contributed by atoms with Gasteiger partial charge < -0.3 is 19.5 Å². The molecule has 7 rings (SSSR count). The lowest BCUT2D eigenvalue weighted by Crippen LogP contribution is -2.40. The number of nitrogens with zero attached hydrogens (tertiary/aromatic N) is 3. The van der Waals surface area contributed by atoms with Crippen molar-refractivity contribution in [3.8, 4) is 5.75 Å². The first-order chi connectivity index (χ1) is 22.0. The Labute approximate surface area is 265 Å². The van der Waals surface area contributed by atoms with Crippen LogP contribution in [0, 0.1) is 0 Å². The fourth-order valence-corrected chi connectivity index (χ4v) is 7.03. The fourth-order valence-electron chi connectivity index (χ4n) is 5.23. The number of amides is 1. The molecule has 0 aliphatic carbocycles. The van der Waals surface area contributed by atoms with Crippen LogP contribution in [0.5, 0.6) is 5.75 Å². The number of nitrogens with one attached hydrogen (secondary N) is 2. The van der Waals surface area contributed by atoms with Crippen LogP contribution in [0.15, 0.2) is 127 Å². The SMILES string of the molecule is CCOc1ccc([C@H]2C(C(=O)Nc3ccccc3)=C(C)N=c3s/c(=C/c4ccc(Sc5nc6ccccc6[nH]5)o4)c(=O)n32)cc1. The number of aromatic nitrogens is 3. The van der Waals surface area contributed by atoms with Crippen LogP contribution < -0.4 is 24.9 Å². The number of thiazole rings is 1. The van der Waals surface area contributed by atoms with Crippen LogP contribution in [0.1, 0.15) is 31.2 Å². The molecule has 11 heteroatoms. The minimum absolute atomic E-state index is 0.266. The highest BCUT2D eigenvalue weighted by Gasteiger charge is 2.32. The molecule has 0 unspecified atom stereocenters. The number of para-hydroxylation sites is 3. The second kappa shape index (κ2) is 12.1. The molecule has 1 amide bonds. The summed E-state index contributed by atoms with van der Waals surface area (Å²) in [6.07, 6.45) is 1.71. The average molecular weight is 634 g/mol. The number of imidazole rings is 1. The van der Waals surface area contributed by atoms with E-state index in [9.17, 15) is 9.59 Å². The predicted molar refractivity (Wildman–Crippen MR) is 175 cm³/mol. The van der Waals surface area contributed by atoms with Crippen LogP contribution in [0.3, 0.4) is 0 Å². The zero-order valence-electron chi connectivity index (χ0n) is 24.3. The molecule has 2 N–H and O–H groups in total. The van der Waals surface area contributed by atoms with Gasteiger partial charge in [-0.1, -0.05) is 53.8 Å². The van der Waals surface area contributed by atoms with Gasteiger partial charge in [0.05, 0.1) is 39.5 Å². The minimum atomic E-state index is -0.696. The van der Waals surface area contributed by atoms with E-state index >= 15 is 0 Å². The summed E-state index contributed by atoms with van der Waals surface area (Å²) < 4.78 is 13.7. The van der Waals surface area contributed by atoms with E-state index in [0.717, 1.165) is 16.6 Å². The minimum Gasteiger partial charge on any atom is -0.494 e. The number of benzene rings is 3. The standard InChI is InChI=1S/C34H27N5O4S2/c1-3-42-23-15-13-21(14-16-23)30-29(31(40)36-22-9-5-4-6-10-22)20(2)35-34-39(30)32(41)27(44-34)19-24-17-18-28(43-24)45-33-37-25-11-7-8-12-26(25)38-33/h4-19,30H,3H2,1-2H3,(H,36,40)(H,37,38)/b27-19+/t30-/m0/s1. The molecule has 0 radical (unpaired) electrons. The number of H-pyrrole nitrogens is 1. The van der Waals surface area contributed by atoms with Gasteiger partial charge in [-0.25, -0.2) is 9.98 Å². The van der Waals surface area contributed by atoms with Gasteiger partial charge in [0.1, 0.15) is 11.5 Å². The molecule has 6 aromatic rings. The second-order valence-electron chi connectivity index (χ2n) is 10.2. The Morgan fingerprint density at radius 2 is 1.84 bits per heavy atom. The van der Waals surface area contributed by atoms with Crippen LogP contribution in [0.4, 0.5) is 5.69 Å². The van der Waals surface area contributed by atoms with Crippen molar-refractivity contribution in [3.05, 3.63) is 133 Å². The van der Waals surface area contributed by atoms with Gasteiger partial charge in [-0.05, 0) is 79.7 Å². The molecule has 0 saturated carbocycles. The molecule has 9 nitrogen and oxygen atoms in total. The smallest absolute Gasteiger partial charge is 0.271 e. The molecular formula is C34H27N5O4S2. The summed E-state index contributed by atoms with van der Waals surface area (Å²) in [5.41, 5.74) is 3.91. The quantitative estimate of drug-likeness (QED) is 0.216. The van der Waals surface area contributed by atoms with Gasteiger partial charge in [0.15, 0.2) is 15.1 Å². The van der Waals surface area contributed by atoms with Gasteiger partial charge in [-0.15, -0.1) is 0 Å². The van der Waals surface area contributed by atoms with Crippen molar-refractivity contribution < 1.29 is 13.9 Å². The molecule has 1 aliphatic rings. The van der Waals surface area contributed by atoms with Crippen molar-refractivity contribution in [2.24, 2.45) is 4.99 Å². The first-order valence-electron chi connectivity index (χ1n) is 14.3. The Balaban J connectivity index is 1.26. The number of carbonyl (C=O) groups excluding carboxylic acids is 1. The number of fused-ring (bicyclic) bond motifs is 2. The van der Waals surface area contributed by atoms with Crippen molar-refractivity contribution in [3.63, 3.8) is 0 Å². The topological polar surface area (TPSA) is 115 Å². The summed E-state index contributed by atoms with van der Waals surface area (Å²) in [4.78, 5) is 40.9. The summed E-state index contributed by atoms with van der Waals surface area (Å²) in [6, 6.07) is 27.5. The number of allylic oxidation sites excluding steroid dienone is 1. The fraction of sp³-hybridized carbons (Fsp3) is 0.118. The van der Waals surface area contributed by atoms with E-state index in [1.807, 2.05) is 97.9 Å². The van der Waals surface area contributed by atoms with Crippen molar-refractivity contribution in [2.45, 2.75) is 30.1 Å². The van der Waals surface area contributed by atoms with Crippen molar-refractivity contribution in [1.29, 1.82) is 0 Å². The highest BCUT2D eigenvalue weighted by atomic mass is 32.2. The number of carbonyl (C=O) groups is 1. The summed E-state index contributed by atoms with van der Waals surface area (Å²) in [5.74, 6) is 0.905. The van der Waals surface area contributed by atoms with E-state index in [2.05, 4.69) is 15.3 Å². The molecule has 3 aromatic heterocycles. The maximum Gasteiger partial charge on any atom is 0.271 e. The number of aromatic amines is 1. The van der Waals surface area contributed by atoms with Gasteiger partial charge in [-0.3, -0.25) is 14.2 Å². The Kier molecular flexibility index (Phi) is 7.70. The van der Waals surface area contributed by atoms with Gasteiger partial charge >= 0.3 is 0 Å². The summed E-state index contributed by atoms with van der Waals surface area (Å²) in [5, 5.41) is 4.32. The van der Waals surface area contributed by atoms with Gasteiger partial charge in [0, 0.05) is 11.8 Å². The monoisotopic (exact) mass is 633 g/mol. The summed E-state index contributed by atoms with van der Waals surface area (Å²) in [7, 11) is 0. The molecule has 45 heavy (non-hydrogen) atoms. The van der Waals surface area contributed by atoms with Crippen LogP contribution in [-0.4, -0.2) is 27.0 Å². The number of ether oxygens (including phenoxy) is 1. The zero-order chi connectivity index (χ0) is 30.9. The zero-order valence-corrected chi connectivity index (χ0v) is 25.9.